The summed E-state index contributed by atoms with van der Waals surface area (Å²) in [5, 5.41) is 12.6. The van der Waals surface area contributed by atoms with Crippen LogP contribution in [0.4, 0.5) is 5.82 Å². The van der Waals surface area contributed by atoms with E-state index in [-0.39, 0.29) is 11.7 Å². The third-order valence-electron chi connectivity index (χ3n) is 4.57. The van der Waals surface area contributed by atoms with E-state index in [2.05, 4.69) is 37.2 Å². The topological polar surface area (TPSA) is 72.7 Å². The van der Waals surface area contributed by atoms with Crippen molar-refractivity contribution in [2.24, 2.45) is 0 Å². The number of hydrogen-bond acceptors (Lipinski definition) is 5. The van der Waals surface area contributed by atoms with Gasteiger partial charge in [0.2, 0.25) is 5.91 Å². The van der Waals surface area contributed by atoms with Gasteiger partial charge in [-0.1, -0.05) is 65.3 Å². The maximum absolute atomic E-state index is 12.7. The Morgan fingerprint density at radius 1 is 1.28 bits per heavy atom. The molecule has 3 aromatic rings. The number of thioether (sulfide) groups is 1. The second-order valence-corrected chi connectivity index (χ2v) is 9.07. The second-order valence-electron chi connectivity index (χ2n) is 6.92. The van der Waals surface area contributed by atoms with Crippen LogP contribution in [0.15, 0.2) is 47.8 Å². The van der Waals surface area contributed by atoms with Crippen LogP contribution in [-0.4, -0.2) is 30.9 Å². The molecule has 1 aliphatic carbocycles. The summed E-state index contributed by atoms with van der Waals surface area (Å²) >= 11 is 13.3. The summed E-state index contributed by atoms with van der Waals surface area (Å²) < 4.78 is 2.12. The van der Waals surface area contributed by atoms with Crippen molar-refractivity contribution in [3.05, 3.63) is 64.0 Å². The first-order valence-corrected chi connectivity index (χ1v) is 10.9. The molecule has 9 heteroatoms. The zero-order chi connectivity index (χ0) is 20.4. The average molecular weight is 448 g/mol. The summed E-state index contributed by atoms with van der Waals surface area (Å²) in [5.74, 6) is 1.53. The Morgan fingerprint density at radius 2 is 2.03 bits per heavy atom. The molecule has 1 N–H and O–H groups in total. The lowest BCUT2D eigenvalue weighted by Crippen LogP contribution is -2.23. The number of rotatable bonds is 7. The van der Waals surface area contributed by atoms with E-state index in [1.54, 1.807) is 6.07 Å². The van der Waals surface area contributed by atoms with Crippen molar-refractivity contribution in [1.82, 2.24) is 19.7 Å². The number of anilines is 1. The van der Waals surface area contributed by atoms with Crippen LogP contribution in [0, 0.1) is 0 Å². The number of pyridine rings is 1. The number of benzene rings is 1. The standard InChI is InChI=1S/C20H19Cl2N5OS/c1-12(19(28)24-17-16(22)9-15(21)10-23-17)29-20-26-25-18(14-7-8-14)27(20)11-13-5-3-2-4-6-13/h2-6,9-10,12,14H,7-8,11H2,1H3,(H,23,24,28). The van der Waals surface area contributed by atoms with Crippen LogP contribution in [0.25, 0.3) is 0 Å². The molecule has 1 atom stereocenters. The molecular formula is C20H19Cl2N5OS. The normalized spacial score (nSPS) is 14.6. The van der Waals surface area contributed by atoms with E-state index in [1.807, 2.05) is 25.1 Å². The minimum absolute atomic E-state index is 0.214. The van der Waals surface area contributed by atoms with Crippen LogP contribution in [0.2, 0.25) is 10.0 Å². The molecule has 1 aliphatic rings. The molecule has 29 heavy (non-hydrogen) atoms. The first-order chi connectivity index (χ1) is 14.0. The van der Waals surface area contributed by atoms with Crippen molar-refractivity contribution in [2.75, 3.05) is 5.32 Å². The number of aromatic nitrogens is 4. The van der Waals surface area contributed by atoms with Crippen LogP contribution in [-0.2, 0) is 11.3 Å². The Kier molecular flexibility index (Phi) is 6.08. The van der Waals surface area contributed by atoms with Gasteiger partial charge in [-0.05, 0) is 31.4 Å². The van der Waals surface area contributed by atoms with Gasteiger partial charge in [0.1, 0.15) is 5.82 Å². The summed E-state index contributed by atoms with van der Waals surface area (Å²) in [6, 6.07) is 11.7. The van der Waals surface area contributed by atoms with Gasteiger partial charge in [-0.3, -0.25) is 4.79 Å². The minimum atomic E-state index is -0.408. The summed E-state index contributed by atoms with van der Waals surface area (Å²) in [6.07, 6.45) is 3.71. The molecule has 6 nitrogen and oxygen atoms in total. The van der Waals surface area contributed by atoms with Crippen LogP contribution >= 0.6 is 35.0 Å². The third-order valence-corrected chi connectivity index (χ3v) is 6.15. The van der Waals surface area contributed by atoms with Crippen LogP contribution in [0.1, 0.15) is 37.1 Å². The highest BCUT2D eigenvalue weighted by atomic mass is 35.5. The van der Waals surface area contributed by atoms with Crippen LogP contribution in [0.3, 0.4) is 0 Å². The molecule has 0 bridgehead atoms. The lowest BCUT2D eigenvalue weighted by atomic mass is 10.2. The van der Waals surface area contributed by atoms with Crippen LogP contribution < -0.4 is 5.32 Å². The van der Waals surface area contributed by atoms with E-state index in [0.717, 1.165) is 23.8 Å². The fraction of sp³-hybridized carbons (Fsp3) is 0.300. The first-order valence-electron chi connectivity index (χ1n) is 9.27. The van der Waals surface area contributed by atoms with Crippen molar-refractivity contribution < 1.29 is 4.79 Å². The van der Waals surface area contributed by atoms with Crippen molar-refractivity contribution in [3.8, 4) is 0 Å². The number of carbonyl (C=O) groups is 1. The highest BCUT2D eigenvalue weighted by Crippen LogP contribution is 2.40. The maximum Gasteiger partial charge on any atom is 0.238 e. The fourth-order valence-corrected chi connectivity index (χ4v) is 4.16. The van der Waals surface area contributed by atoms with E-state index in [4.69, 9.17) is 23.2 Å². The van der Waals surface area contributed by atoms with E-state index in [9.17, 15) is 4.79 Å². The van der Waals surface area contributed by atoms with Crippen LogP contribution in [0.5, 0.6) is 0 Å². The second kappa shape index (κ2) is 8.73. The Bertz CT molecular complexity index is 1020. The predicted octanol–water partition coefficient (Wildman–Crippen LogP) is 5.02. The minimum Gasteiger partial charge on any atom is -0.308 e. The SMILES string of the molecule is CC(Sc1nnc(C2CC2)n1Cc1ccccc1)C(=O)Nc1ncc(Cl)cc1Cl. The molecule has 2 aromatic heterocycles. The number of carbonyl (C=O) groups excluding carboxylic acids is 1. The molecule has 1 fully saturated rings. The summed E-state index contributed by atoms with van der Waals surface area (Å²) in [4.78, 5) is 16.7. The molecule has 1 amide bonds. The van der Waals surface area contributed by atoms with E-state index >= 15 is 0 Å². The van der Waals surface area contributed by atoms with Crippen molar-refractivity contribution in [3.63, 3.8) is 0 Å². The molecular weight excluding hydrogens is 429 g/mol. The van der Waals surface area contributed by atoms with E-state index in [1.165, 1.54) is 23.5 Å². The largest absolute Gasteiger partial charge is 0.308 e. The lowest BCUT2D eigenvalue weighted by Gasteiger charge is -2.14. The Morgan fingerprint density at radius 3 is 2.72 bits per heavy atom. The van der Waals surface area contributed by atoms with Gasteiger partial charge in [-0.2, -0.15) is 0 Å². The average Bonchev–Trinajstić information content (AvgIpc) is 3.48. The van der Waals surface area contributed by atoms with Gasteiger partial charge in [0, 0.05) is 12.1 Å². The highest BCUT2D eigenvalue weighted by Gasteiger charge is 2.31. The smallest absolute Gasteiger partial charge is 0.238 e. The molecule has 150 valence electrons. The zero-order valence-corrected chi connectivity index (χ0v) is 18.0. The monoisotopic (exact) mass is 447 g/mol. The van der Waals surface area contributed by atoms with Crippen molar-refractivity contribution in [2.45, 2.75) is 42.6 Å². The molecule has 1 unspecified atom stereocenters. The number of nitrogens with zero attached hydrogens (tertiary/aromatic N) is 4. The fourth-order valence-electron chi connectivity index (χ4n) is 2.88. The van der Waals surface area contributed by atoms with Gasteiger partial charge in [0.15, 0.2) is 11.0 Å². The molecule has 4 rings (SSSR count). The van der Waals surface area contributed by atoms with Crippen molar-refractivity contribution >= 4 is 46.7 Å². The van der Waals surface area contributed by atoms with Gasteiger partial charge in [-0.25, -0.2) is 4.98 Å². The first kappa shape index (κ1) is 20.2. The van der Waals surface area contributed by atoms with Gasteiger partial charge in [0.05, 0.1) is 21.8 Å². The summed E-state index contributed by atoms with van der Waals surface area (Å²) in [7, 11) is 0. The molecule has 0 saturated heterocycles. The molecule has 0 radical (unpaired) electrons. The third kappa shape index (κ3) is 4.91. The molecule has 0 spiro atoms. The Balaban J connectivity index is 1.50. The molecule has 1 saturated carbocycles. The predicted molar refractivity (Wildman–Crippen MR) is 116 cm³/mol. The number of halogens is 2. The zero-order valence-electron chi connectivity index (χ0n) is 15.7. The quantitative estimate of drug-likeness (QED) is 0.514. The van der Waals surface area contributed by atoms with E-state index < -0.39 is 5.25 Å². The number of amides is 1. The summed E-state index contributed by atoms with van der Waals surface area (Å²) in [5.41, 5.74) is 1.17. The maximum atomic E-state index is 12.7. The molecule has 1 aromatic carbocycles. The number of hydrogen-bond donors (Lipinski definition) is 1. The van der Waals surface area contributed by atoms with E-state index in [0.29, 0.717) is 22.5 Å². The Hall–Kier alpha value is -2.09. The summed E-state index contributed by atoms with van der Waals surface area (Å²) in [6.45, 7) is 2.50. The van der Waals surface area contributed by atoms with Gasteiger partial charge < -0.3 is 9.88 Å². The lowest BCUT2D eigenvalue weighted by molar-refractivity contribution is -0.115. The van der Waals surface area contributed by atoms with Crippen molar-refractivity contribution in [1.29, 1.82) is 0 Å². The van der Waals surface area contributed by atoms with Gasteiger partial charge in [0.25, 0.3) is 0 Å². The Labute approximate surface area is 183 Å². The number of nitrogens with one attached hydrogen (secondary N) is 1. The van der Waals surface area contributed by atoms with Gasteiger partial charge in [-0.15, -0.1) is 10.2 Å². The molecule has 2 heterocycles. The highest BCUT2D eigenvalue weighted by molar-refractivity contribution is 8.00. The molecule has 0 aliphatic heterocycles. The van der Waals surface area contributed by atoms with Gasteiger partial charge >= 0.3 is 0 Å².